The predicted octanol–water partition coefficient (Wildman–Crippen LogP) is 4.32. The zero-order chi connectivity index (χ0) is 15.2. The van der Waals surface area contributed by atoms with Crippen LogP contribution in [0.1, 0.15) is 57.6 Å². The lowest BCUT2D eigenvalue weighted by Gasteiger charge is -2.32. The van der Waals surface area contributed by atoms with E-state index < -0.39 is 0 Å². The van der Waals surface area contributed by atoms with Gasteiger partial charge in [-0.2, -0.15) is 0 Å². The number of benzene rings is 1. The van der Waals surface area contributed by atoms with Gasteiger partial charge in [-0.05, 0) is 51.6 Å². The Morgan fingerprint density at radius 3 is 2.71 bits per heavy atom. The third-order valence-electron chi connectivity index (χ3n) is 4.76. The van der Waals surface area contributed by atoms with E-state index in [1.54, 1.807) is 7.11 Å². The van der Waals surface area contributed by atoms with Crippen molar-refractivity contribution in [2.75, 3.05) is 14.2 Å². The Morgan fingerprint density at radius 2 is 2.05 bits per heavy atom. The number of nitrogens with one attached hydrogen (secondary N) is 1. The average Bonchev–Trinajstić information content (AvgIpc) is 2.54. The summed E-state index contributed by atoms with van der Waals surface area (Å²) < 4.78 is 11.8. The molecule has 0 amide bonds. The molecule has 21 heavy (non-hydrogen) atoms. The van der Waals surface area contributed by atoms with Crippen molar-refractivity contribution in [2.24, 2.45) is 5.92 Å². The van der Waals surface area contributed by atoms with Gasteiger partial charge in [-0.15, -0.1) is 0 Å². The molecule has 3 nitrogen and oxygen atoms in total. The van der Waals surface area contributed by atoms with Gasteiger partial charge in [0.2, 0.25) is 0 Å². The lowest BCUT2D eigenvalue weighted by molar-refractivity contribution is 0.0887. The maximum atomic E-state index is 6.44. The van der Waals surface area contributed by atoms with Crippen LogP contribution in [0.25, 0.3) is 0 Å². The molecule has 0 aliphatic heterocycles. The molecule has 1 aliphatic carbocycles. The molecule has 118 valence electrons. The normalized spacial score (nSPS) is 23.6. The van der Waals surface area contributed by atoms with Crippen LogP contribution >= 0.6 is 0 Å². The van der Waals surface area contributed by atoms with Crippen LogP contribution in [0.15, 0.2) is 18.2 Å². The van der Waals surface area contributed by atoms with Gasteiger partial charge in [-0.25, -0.2) is 0 Å². The third-order valence-corrected chi connectivity index (χ3v) is 4.76. The van der Waals surface area contributed by atoms with Gasteiger partial charge in [0.15, 0.2) is 0 Å². The fourth-order valence-electron chi connectivity index (χ4n) is 3.22. The highest BCUT2D eigenvalue weighted by Gasteiger charge is 2.26. The van der Waals surface area contributed by atoms with Gasteiger partial charge in [0.25, 0.3) is 0 Å². The predicted molar refractivity (Wildman–Crippen MR) is 87.1 cm³/mol. The van der Waals surface area contributed by atoms with Crippen LogP contribution in [-0.4, -0.2) is 20.3 Å². The molecule has 1 aliphatic rings. The first-order valence-electron chi connectivity index (χ1n) is 8.21. The maximum absolute atomic E-state index is 6.44. The summed E-state index contributed by atoms with van der Waals surface area (Å²) in [7, 11) is 3.68. The van der Waals surface area contributed by atoms with Gasteiger partial charge < -0.3 is 14.8 Å². The standard InChI is InChI=1S/C18H29NO2/c1-5-14-8-6-7-9-17(14)21-18-12-15(20-4)10-11-16(18)13(2)19-3/h10-14,17,19H,5-9H2,1-4H3. The van der Waals surface area contributed by atoms with Crippen LogP contribution in [0.3, 0.4) is 0 Å². The van der Waals surface area contributed by atoms with Gasteiger partial charge in [-0.3, -0.25) is 0 Å². The SMILES string of the molecule is CCC1CCCCC1Oc1cc(OC)ccc1C(C)NC. The summed E-state index contributed by atoms with van der Waals surface area (Å²) in [6.45, 7) is 4.43. The molecule has 1 aromatic carbocycles. The van der Waals surface area contributed by atoms with Crippen molar-refractivity contribution in [3.63, 3.8) is 0 Å². The molecule has 0 spiro atoms. The van der Waals surface area contributed by atoms with Crippen LogP contribution < -0.4 is 14.8 Å². The van der Waals surface area contributed by atoms with E-state index in [1.807, 2.05) is 19.2 Å². The summed E-state index contributed by atoms with van der Waals surface area (Å²) >= 11 is 0. The van der Waals surface area contributed by atoms with Crippen LogP contribution in [0, 0.1) is 5.92 Å². The Hall–Kier alpha value is -1.22. The van der Waals surface area contributed by atoms with Crippen LogP contribution in [-0.2, 0) is 0 Å². The average molecular weight is 291 g/mol. The summed E-state index contributed by atoms with van der Waals surface area (Å²) in [5.41, 5.74) is 1.21. The van der Waals surface area contributed by atoms with E-state index in [2.05, 4.69) is 25.2 Å². The quantitative estimate of drug-likeness (QED) is 0.846. The highest BCUT2D eigenvalue weighted by molar-refractivity contribution is 5.42. The summed E-state index contributed by atoms with van der Waals surface area (Å²) in [4.78, 5) is 0. The topological polar surface area (TPSA) is 30.5 Å². The van der Waals surface area contributed by atoms with Crippen molar-refractivity contribution >= 4 is 0 Å². The lowest BCUT2D eigenvalue weighted by Crippen LogP contribution is -2.30. The molecule has 0 heterocycles. The smallest absolute Gasteiger partial charge is 0.128 e. The summed E-state index contributed by atoms with van der Waals surface area (Å²) in [5, 5.41) is 3.30. The molecule has 3 atom stereocenters. The number of hydrogen-bond donors (Lipinski definition) is 1. The molecule has 2 rings (SSSR count). The second-order valence-corrected chi connectivity index (χ2v) is 6.02. The zero-order valence-electron chi connectivity index (χ0n) is 13.8. The van der Waals surface area contributed by atoms with E-state index in [9.17, 15) is 0 Å². The minimum atomic E-state index is 0.273. The summed E-state index contributed by atoms with van der Waals surface area (Å²) in [5.74, 6) is 2.52. The van der Waals surface area contributed by atoms with Crippen molar-refractivity contribution in [1.82, 2.24) is 5.32 Å². The number of hydrogen-bond acceptors (Lipinski definition) is 3. The molecule has 0 saturated heterocycles. The molecule has 1 fully saturated rings. The first kappa shape index (κ1) is 16.2. The zero-order valence-corrected chi connectivity index (χ0v) is 13.8. The maximum Gasteiger partial charge on any atom is 0.128 e. The van der Waals surface area contributed by atoms with E-state index in [0.29, 0.717) is 12.0 Å². The summed E-state index contributed by atoms with van der Waals surface area (Å²) in [6, 6.07) is 6.42. The second kappa shape index (κ2) is 7.69. The minimum Gasteiger partial charge on any atom is -0.497 e. The minimum absolute atomic E-state index is 0.273. The third kappa shape index (κ3) is 3.91. The van der Waals surface area contributed by atoms with Gasteiger partial charge >= 0.3 is 0 Å². The molecule has 1 aromatic rings. The van der Waals surface area contributed by atoms with E-state index in [4.69, 9.17) is 9.47 Å². The van der Waals surface area contributed by atoms with Gasteiger partial charge in [0.05, 0.1) is 7.11 Å². The molecule has 1 N–H and O–H groups in total. The monoisotopic (exact) mass is 291 g/mol. The second-order valence-electron chi connectivity index (χ2n) is 6.02. The van der Waals surface area contributed by atoms with Crippen molar-refractivity contribution in [1.29, 1.82) is 0 Å². The molecular formula is C18H29NO2. The van der Waals surface area contributed by atoms with E-state index >= 15 is 0 Å². The number of rotatable bonds is 6. The van der Waals surface area contributed by atoms with Crippen LogP contribution in [0.2, 0.25) is 0 Å². The Bertz CT molecular complexity index is 447. The molecule has 0 aromatic heterocycles. The highest BCUT2D eigenvalue weighted by Crippen LogP contribution is 2.35. The van der Waals surface area contributed by atoms with Crippen molar-refractivity contribution < 1.29 is 9.47 Å². The Morgan fingerprint density at radius 1 is 1.29 bits per heavy atom. The van der Waals surface area contributed by atoms with Gasteiger partial charge in [0, 0.05) is 17.7 Å². The van der Waals surface area contributed by atoms with Crippen LogP contribution in [0.4, 0.5) is 0 Å². The van der Waals surface area contributed by atoms with E-state index in [-0.39, 0.29) is 6.04 Å². The number of ether oxygens (including phenoxy) is 2. The molecule has 3 unspecified atom stereocenters. The Kier molecular flexibility index (Phi) is 5.92. The molecule has 0 bridgehead atoms. The van der Waals surface area contributed by atoms with Gasteiger partial charge in [-0.1, -0.05) is 19.4 Å². The Labute approximate surface area is 129 Å². The largest absolute Gasteiger partial charge is 0.497 e. The lowest BCUT2D eigenvalue weighted by atomic mass is 9.84. The highest BCUT2D eigenvalue weighted by atomic mass is 16.5. The fourth-order valence-corrected chi connectivity index (χ4v) is 3.22. The fraction of sp³-hybridized carbons (Fsp3) is 0.667. The molecular weight excluding hydrogens is 262 g/mol. The number of methoxy groups -OCH3 is 1. The van der Waals surface area contributed by atoms with Gasteiger partial charge in [0.1, 0.15) is 17.6 Å². The first-order chi connectivity index (χ1) is 10.2. The Balaban J connectivity index is 2.23. The van der Waals surface area contributed by atoms with E-state index in [1.165, 1.54) is 37.7 Å². The van der Waals surface area contributed by atoms with Crippen molar-refractivity contribution in [3.8, 4) is 11.5 Å². The first-order valence-corrected chi connectivity index (χ1v) is 8.21. The molecule has 3 heteroatoms. The molecule has 0 radical (unpaired) electrons. The van der Waals surface area contributed by atoms with Crippen LogP contribution in [0.5, 0.6) is 11.5 Å². The van der Waals surface area contributed by atoms with Crippen molar-refractivity contribution in [3.05, 3.63) is 23.8 Å². The summed E-state index contributed by atoms with van der Waals surface area (Å²) in [6.07, 6.45) is 6.63. The molecule has 1 saturated carbocycles. The van der Waals surface area contributed by atoms with Crippen molar-refractivity contribution in [2.45, 2.75) is 58.1 Å². The van der Waals surface area contributed by atoms with E-state index in [0.717, 1.165) is 11.5 Å².